The maximum absolute atomic E-state index is 13.0. The zero-order valence-corrected chi connectivity index (χ0v) is 16.9. The molecule has 2 amide bonds. The highest BCUT2D eigenvalue weighted by Crippen LogP contribution is 2.34. The number of fused-ring (bicyclic) bond motifs is 1. The van der Waals surface area contributed by atoms with Crippen LogP contribution in [0.2, 0.25) is 0 Å². The van der Waals surface area contributed by atoms with Gasteiger partial charge in [-0.15, -0.1) is 0 Å². The first kappa shape index (κ1) is 20.0. The molecule has 3 rings (SSSR count). The molecule has 0 spiro atoms. The highest BCUT2D eigenvalue weighted by Gasteiger charge is 2.32. The Balaban J connectivity index is 1.77. The van der Waals surface area contributed by atoms with Gasteiger partial charge in [-0.05, 0) is 35.7 Å². The van der Waals surface area contributed by atoms with Gasteiger partial charge in [-0.3, -0.25) is 9.59 Å². The van der Waals surface area contributed by atoms with Gasteiger partial charge in [-0.2, -0.15) is 0 Å². The molecular formula is C22H29N3O3. The van der Waals surface area contributed by atoms with Crippen LogP contribution in [0.4, 0.5) is 0 Å². The fourth-order valence-corrected chi connectivity index (χ4v) is 3.58. The van der Waals surface area contributed by atoms with Crippen molar-refractivity contribution in [2.75, 3.05) is 20.2 Å². The molecule has 1 unspecified atom stereocenters. The normalized spacial score (nSPS) is 16.0. The largest absolute Gasteiger partial charge is 0.497 e. The lowest BCUT2D eigenvalue weighted by Crippen LogP contribution is -2.42. The predicted molar refractivity (Wildman–Crippen MR) is 108 cm³/mol. The van der Waals surface area contributed by atoms with E-state index in [0.29, 0.717) is 19.0 Å². The minimum Gasteiger partial charge on any atom is -0.497 e. The Morgan fingerprint density at radius 3 is 2.75 bits per heavy atom. The van der Waals surface area contributed by atoms with Crippen LogP contribution in [0.25, 0.3) is 0 Å². The van der Waals surface area contributed by atoms with Gasteiger partial charge in [0.1, 0.15) is 5.75 Å². The minimum absolute atomic E-state index is 0.0000307. The number of hydrogen-bond donors (Lipinski definition) is 1. The van der Waals surface area contributed by atoms with Crippen molar-refractivity contribution in [1.29, 1.82) is 0 Å². The number of ether oxygens (including phenoxy) is 1. The van der Waals surface area contributed by atoms with Gasteiger partial charge in [0.05, 0.1) is 13.2 Å². The van der Waals surface area contributed by atoms with E-state index in [-0.39, 0.29) is 30.7 Å². The van der Waals surface area contributed by atoms with Crippen LogP contribution in [0.15, 0.2) is 42.6 Å². The maximum atomic E-state index is 13.0. The molecule has 1 aromatic heterocycles. The Labute approximate surface area is 166 Å². The van der Waals surface area contributed by atoms with E-state index in [0.717, 1.165) is 23.6 Å². The lowest BCUT2D eigenvalue weighted by molar-refractivity contribution is -0.136. The minimum atomic E-state index is -0.176. The van der Waals surface area contributed by atoms with Crippen LogP contribution in [0, 0.1) is 5.92 Å². The quantitative estimate of drug-likeness (QED) is 0.799. The molecule has 0 saturated carbocycles. The van der Waals surface area contributed by atoms with E-state index in [2.05, 4.69) is 16.0 Å². The van der Waals surface area contributed by atoms with Gasteiger partial charge in [0, 0.05) is 44.4 Å². The third-order valence-electron chi connectivity index (χ3n) is 5.04. The molecule has 1 aromatic carbocycles. The Hall–Kier alpha value is -2.76. The lowest BCUT2D eigenvalue weighted by atomic mass is 9.99. The number of rotatable bonds is 7. The second-order valence-electron chi connectivity index (χ2n) is 7.59. The summed E-state index contributed by atoms with van der Waals surface area (Å²) in [4.78, 5) is 26.9. The molecule has 0 radical (unpaired) electrons. The number of carbonyl (C=O) groups excluding carboxylic acids is 2. The molecule has 6 heteroatoms. The standard InChI is InChI=1S/C22H29N3O3/c1-16(2)15-23-20(26)9-10-21(27)25-13-12-24-11-5-8-19(24)22(25)17-6-4-7-18(14-17)28-3/h4-8,11,14,16,22H,9-10,12-13,15H2,1-3H3,(H,23,26). The summed E-state index contributed by atoms with van der Waals surface area (Å²) in [6.07, 6.45) is 2.47. The first-order chi connectivity index (χ1) is 13.5. The smallest absolute Gasteiger partial charge is 0.223 e. The van der Waals surface area contributed by atoms with E-state index in [1.54, 1.807) is 7.11 Å². The molecule has 0 aliphatic carbocycles. The van der Waals surface area contributed by atoms with E-state index in [9.17, 15) is 9.59 Å². The maximum Gasteiger partial charge on any atom is 0.223 e. The summed E-state index contributed by atoms with van der Waals surface area (Å²) in [5.74, 6) is 1.09. The second kappa shape index (κ2) is 8.95. The first-order valence-corrected chi connectivity index (χ1v) is 9.84. The molecule has 0 fully saturated rings. The van der Waals surface area contributed by atoms with Gasteiger partial charge in [0.15, 0.2) is 0 Å². The molecule has 6 nitrogen and oxygen atoms in total. The van der Waals surface area contributed by atoms with E-state index < -0.39 is 0 Å². The van der Waals surface area contributed by atoms with Gasteiger partial charge in [0.25, 0.3) is 0 Å². The number of nitrogens with zero attached hydrogens (tertiary/aromatic N) is 2. The van der Waals surface area contributed by atoms with Gasteiger partial charge >= 0.3 is 0 Å². The van der Waals surface area contributed by atoms with Crippen LogP contribution >= 0.6 is 0 Å². The third kappa shape index (κ3) is 4.55. The molecule has 2 aromatic rings. The highest BCUT2D eigenvalue weighted by atomic mass is 16.5. The molecular weight excluding hydrogens is 354 g/mol. The predicted octanol–water partition coefficient (Wildman–Crippen LogP) is 2.98. The molecule has 150 valence electrons. The zero-order chi connectivity index (χ0) is 20.1. The zero-order valence-electron chi connectivity index (χ0n) is 16.9. The van der Waals surface area contributed by atoms with Gasteiger partial charge in [-0.1, -0.05) is 26.0 Å². The van der Waals surface area contributed by atoms with Gasteiger partial charge < -0.3 is 19.5 Å². The van der Waals surface area contributed by atoms with E-state index >= 15 is 0 Å². The van der Waals surface area contributed by atoms with Crippen LogP contribution in [-0.2, 0) is 16.1 Å². The van der Waals surface area contributed by atoms with Crippen LogP contribution < -0.4 is 10.1 Å². The highest BCUT2D eigenvalue weighted by molar-refractivity contribution is 5.84. The fraction of sp³-hybridized carbons (Fsp3) is 0.455. The number of amides is 2. The summed E-state index contributed by atoms with van der Waals surface area (Å²) in [7, 11) is 1.64. The van der Waals surface area contributed by atoms with E-state index in [4.69, 9.17) is 4.74 Å². The van der Waals surface area contributed by atoms with Crippen molar-refractivity contribution in [2.24, 2.45) is 5.92 Å². The molecule has 1 atom stereocenters. The van der Waals surface area contributed by atoms with Crippen molar-refractivity contribution in [1.82, 2.24) is 14.8 Å². The SMILES string of the molecule is COc1cccc(C2c3cccn3CCN2C(=O)CCC(=O)NCC(C)C)c1. The van der Waals surface area contributed by atoms with Crippen molar-refractivity contribution < 1.29 is 14.3 Å². The number of methoxy groups -OCH3 is 1. The summed E-state index contributed by atoms with van der Waals surface area (Å²) >= 11 is 0. The molecule has 1 aliphatic heterocycles. The van der Waals surface area contributed by atoms with Crippen molar-refractivity contribution in [3.05, 3.63) is 53.9 Å². The Morgan fingerprint density at radius 2 is 2.00 bits per heavy atom. The van der Waals surface area contributed by atoms with Gasteiger partial charge in [-0.25, -0.2) is 0 Å². The molecule has 0 saturated heterocycles. The monoisotopic (exact) mass is 383 g/mol. The number of hydrogen-bond acceptors (Lipinski definition) is 3. The average Bonchev–Trinajstić information content (AvgIpc) is 3.18. The van der Waals surface area contributed by atoms with E-state index in [1.165, 1.54) is 0 Å². The Bertz CT molecular complexity index is 828. The third-order valence-corrected chi connectivity index (χ3v) is 5.04. The van der Waals surface area contributed by atoms with Crippen molar-refractivity contribution in [2.45, 2.75) is 39.3 Å². The molecule has 2 heterocycles. The van der Waals surface area contributed by atoms with E-state index in [1.807, 2.05) is 55.3 Å². The first-order valence-electron chi connectivity index (χ1n) is 9.84. The van der Waals surface area contributed by atoms with Crippen molar-refractivity contribution in [3.63, 3.8) is 0 Å². The summed E-state index contributed by atoms with van der Waals surface area (Å²) in [5, 5.41) is 2.88. The number of aromatic nitrogens is 1. The van der Waals surface area contributed by atoms with Crippen molar-refractivity contribution in [3.8, 4) is 5.75 Å². The van der Waals surface area contributed by atoms with Crippen LogP contribution in [0.1, 0.15) is 44.0 Å². The van der Waals surface area contributed by atoms with Crippen LogP contribution in [-0.4, -0.2) is 41.5 Å². The van der Waals surface area contributed by atoms with Crippen LogP contribution in [0.5, 0.6) is 5.75 Å². The number of nitrogens with one attached hydrogen (secondary N) is 1. The lowest BCUT2D eigenvalue weighted by Gasteiger charge is -2.37. The summed E-state index contributed by atoms with van der Waals surface area (Å²) in [5.41, 5.74) is 2.09. The number of benzene rings is 1. The van der Waals surface area contributed by atoms with Crippen LogP contribution in [0.3, 0.4) is 0 Å². The number of carbonyl (C=O) groups is 2. The summed E-state index contributed by atoms with van der Waals surface area (Å²) < 4.78 is 7.56. The Kier molecular flexibility index (Phi) is 6.39. The summed E-state index contributed by atoms with van der Waals surface area (Å²) in [6, 6.07) is 11.7. The Morgan fingerprint density at radius 1 is 1.18 bits per heavy atom. The molecule has 1 N–H and O–H groups in total. The topological polar surface area (TPSA) is 63.6 Å². The van der Waals surface area contributed by atoms with Crippen molar-refractivity contribution >= 4 is 11.8 Å². The van der Waals surface area contributed by atoms with Gasteiger partial charge in [0.2, 0.25) is 11.8 Å². The molecule has 1 aliphatic rings. The fourth-order valence-electron chi connectivity index (χ4n) is 3.58. The molecule has 0 bridgehead atoms. The second-order valence-corrected chi connectivity index (χ2v) is 7.59. The average molecular weight is 383 g/mol. The summed E-state index contributed by atoms with van der Waals surface area (Å²) in [6.45, 7) is 6.11. The molecule has 28 heavy (non-hydrogen) atoms.